The van der Waals surface area contributed by atoms with Gasteiger partial charge in [-0.3, -0.25) is 9.89 Å². The van der Waals surface area contributed by atoms with Gasteiger partial charge in [0.25, 0.3) is 0 Å². The normalized spacial score (nSPS) is 25.8. The highest BCUT2D eigenvalue weighted by Crippen LogP contribution is 2.43. The lowest BCUT2D eigenvalue weighted by atomic mass is 9.77. The Kier molecular flexibility index (Phi) is 3.31. The predicted octanol–water partition coefficient (Wildman–Crippen LogP) is 1.25. The van der Waals surface area contributed by atoms with Gasteiger partial charge in [0.1, 0.15) is 6.61 Å². The van der Waals surface area contributed by atoms with E-state index in [1.807, 2.05) is 18.0 Å². The molecule has 0 aromatic carbocycles. The molecule has 1 spiro atoms. The first-order chi connectivity index (χ1) is 9.25. The third-order valence-electron chi connectivity index (χ3n) is 4.48. The Balaban J connectivity index is 1.74. The van der Waals surface area contributed by atoms with Crippen LogP contribution in [0.15, 0.2) is 6.20 Å². The molecule has 1 unspecified atom stereocenters. The van der Waals surface area contributed by atoms with Crippen molar-refractivity contribution in [1.82, 2.24) is 15.1 Å². The fourth-order valence-electron chi connectivity index (χ4n) is 3.49. The Morgan fingerprint density at radius 3 is 3.32 bits per heavy atom. The highest BCUT2D eigenvalue weighted by molar-refractivity contribution is 5.77. The number of nitrogens with zero attached hydrogens (tertiary/aromatic N) is 2. The topological polar surface area (TPSA) is 58.2 Å². The molecule has 0 radical (unpaired) electrons. The van der Waals surface area contributed by atoms with Gasteiger partial charge in [0.05, 0.1) is 6.20 Å². The summed E-state index contributed by atoms with van der Waals surface area (Å²) in [4.78, 5) is 14.1. The number of carbonyl (C=O) groups is 1. The zero-order valence-corrected chi connectivity index (χ0v) is 11.4. The van der Waals surface area contributed by atoms with Gasteiger partial charge in [0.15, 0.2) is 0 Å². The lowest BCUT2D eigenvalue weighted by Crippen LogP contribution is -2.48. The van der Waals surface area contributed by atoms with Crippen molar-refractivity contribution >= 4 is 5.91 Å². The molecule has 1 amide bonds. The maximum Gasteiger partial charge on any atom is 0.248 e. The highest BCUT2D eigenvalue weighted by Gasteiger charge is 2.44. The van der Waals surface area contributed by atoms with Crippen molar-refractivity contribution in [3.8, 4) is 0 Å². The molecular weight excluding hydrogens is 242 g/mol. The molecular formula is C14H21N3O2. The van der Waals surface area contributed by atoms with Gasteiger partial charge in [-0.05, 0) is 38.2 Å². The van der Waals surface area contributed by atoms with Gasteiger partial charge in [0.2, 0.25) is 5.91 Å². The number of fused-ring (bicyclic) bond motifs is 2. The number of H-pyrrole nitrogens is 1. The van der Waals surface area contributed by atoms with E-state index >= 15 is 0 Å². The van der Waals surface area contributed by atoms with Crippen LogP contribution in [0.3, 0.4) is 0 Å². The molecule has 104 valence electrons. The van der Waals surface area contributed by atoms with Crippen molar-refractivity contribution < 1.29 is 9.53 Å². The van der Waals surface area contributed by atoms with E-state index in [1.165, 1.54) is 11.3 Å². The van der Waals surface area contributed by atoms with Crippen LogP contribution in [0.25, 0.3) is 0 Å². The van der Waals surface area contributed by atoms with E-state index in [4.69, 9.17) is 4.74 Å². The van der Waals surface area contributed by atoms with Crippen LogP contribution in [-0.4, -0.2) is 47.3 Å². The Hall–Kier alpha value is -1.36. The SMILES string of the molecule is CCOCC(=O)N1CCCC2(CCc3cn[nH]c32)C1. The number of carbonyl (C=O) groups excluding carboxylic acids is 1. The smallest absolute Gasteiger partial charge is 0.248 e. The number of hydrogen-bond acceptors (Lipinski definition) is 3. The Bertz CT molecular complexity index is 471. The largest absolute Gasteiger partial charge is 0.372 e. The minimum atomic E-state index is 0.117. The van der Waals surface area contributed by atoms with Gasteiger partial charge in [-0.2, -0.15) is 5.10 Å². The average molecular weight is 263 g/mol. The summed E-state index contributed by atoms with van der Waals surface area (Å²) in [6.45, 7) is 4.39. The molecule has 1 saturated heterocycles. The predicted molar refractivity (Wildman–Crippen MR) is 70.9 cm³/mol. The Morgan fingerprint density at radius 2 is 2.47 bits per heavy atom. The third-order valence-corrected chi connectivity index (χ3v) is 4.48. The molecule has 1 aromatic heterocycles. The van der Waals surface area contributed by atoms with Crippen LogP contribution in [-0.2, 0) is 21.4 Å². The van der Waals surface area contributed by atoms with Gasteiger partial charge in [-0.15, -0.1) is 0 Å². The minimum absolute atomic E-state index is 0.117. The summed E-state index contributed by atoms with van der Waals surface area (Å²) in [6.07, 6.45) is 6.37. The van der Waals surface area contributed by atoms with Gasteiger partial charge < -0.3 is 9.64 Å². The first kappa shape index (κ1) is 12.7. The van der Waals surface area contributed by atoms with Crippen molar-refractivity contribution in [2.24, 2.45) is 0 Å². The maximum absolute atomic E-state index is 12.1. The number of aromatic nitrogens is 2. The third kappa shape index (κ3) is 2.16. The first-order valence-electron chi connectivity index (χ1n) is 7.13. The van der Waals surface area contributed by atoms with Crippen LogP contribution in [0.2, 0.25) is 0 Å². The monoisotopic (exact) mass is 263 g/mol. The number of piperidine rings is 1. The van der Waals surface area contributed by atoms with E-state index in [1.54, 1.807) is 0 Å². The molecule has 19 heavy (non-hydrogen) atoms. The maximum atomic E-state index is 12.1. The standard InChI is InChI=1S/C14H21N3O2/c1-2-19-9-12(18)17-7-3-5-14(10-17)6-4-11-8-15-16-13(11)14/h8H,2-7,9-10H2,1H3,(H,15,16). The molecule has 1 aliphatic heterocycles. The molecule has 0 saturated carbocycles. The summed E-state index contributed by atoms with van der Waals surface area (Å²) >= 11 is 0. The molecule has 1 aromatic rings. The van der Waals surface area contributed by atoms with Crippen molar-refractivity contribution in [1.29, 1.82) is 0 Å². The van der Waals surface area contributed by atoms with Crippen LogP contribution in [0.1, 0.15) is 37.4 Å². The fraction of sp³-hybridized carbons (Fsp3) is 0.714. The van der Waals surface area contributed by atoms with E-state index in [9.17, 15) is 4.79 Å². The Morgan fingerprint density at radius 1 is 1.58 bits per heavy atom. The molecule has 0 bridgehead atoms. The molecule has 1 atom stereocenters. The summed E-state index contributed by atoms with van der Waals surface area (Å²) in [5.41, 5.74) is 2.71. The summed E-state index contributed by atoms with van der Waals surface area (Å²) < 4.78 is 5.24. The van der Waals surface area contributed by atoms with Crippen molar-refractivity contribution in [2.75, 3.05) is 26.3 Å². The highest BCUT2D eigenvalue weighted by atomic mass is 16.5. The number of amides is 1. The van der Waals surface area contributed by atoms with E-state index in [-0.39, 0.29) is 17.9 Å². The number of nitrogens with one attached hydrogen (secondary N) is 1. The van der Waals surface area contributed by atoms with Crippen molar-refractivity contribution in [2.45, 2.75) is 38.0 Å². The Labute approximate surface area is 113 Å². The van der Waals surface area contributed by atoms with Crippen molar-refractivity contribution in [3.63, 3.8) is 0 Å². The summed E-state index contributed by atoms with van der Waals surface area (Å²) in [6, 6.07) is 0. The number of aryl methyl sites for hydroxylation is 1. The molecule has 2 aliphatic rings. The summed E-state index contributed by atoms with van der Waals surface area (Å²) in [7, 11) is 0. The second-order valence-corrected chi connectivity index (χ2v) is 5.61. The van der Waals surface area contributed by atoms with Gasteiger partial charge in [0, 0.05) is 30.8 Å². The van der Waals surface area contributed by atoms with Gasteiger partial charge >= 0.3 is 0 Å². The van der Waals surface area contributed by atoms with Crippen LogP contribution in [0.5, 0.6) is 0 Å². The zero-order valence-electron chi connectivity index (χ0n) is 11.4. The lowest BCUT2D eigenvalue weighted by molar-refractivity contribution is -0.138. The number of ether oxygens (including phenoxy) is 1. The van der Waals surface area contributed by atoms with Crippen LogP contribution in [0, 0.1) is 0 Å². The zero-order chi connectivity index (χ0) is 13.3. The number of likely N-dealkylation sites (tertiary alicyclic amines) is 1. The molecule has 5 heteroatoms. The van der Waals surface area contributed by atoms with Crippen LogP contribution < -0.4 is 0 Å². The van der Waals surface area contributed by atoms with E-state index in [0.717, 1.165) is 38.8 Å². The summed E-state index contributed by atoms with van der Waals surface area (Å²) in [5, 5.41) is 7.32. The number of aromatic amines is 1. The second-order valence-electron chi connectivity index (χ2n) is 5.61. The second kappa shape index (κ2) is 4.96. The minimum Gasteiger partial charge on any atom is -0.372 e. The fourth-order valence-corrected chi connectivity index (χ4v) is 3.49. The van der Waals surface area contributed by atoms with Crippen LogP contribution in [0.4, 0.5) is 0 Å². The lowest BCUT2D eigenvalue weighted by Gasteiger charge is -2.40. The average Bonchev–Trinajstić information content (AvgIpc) is 3.02. The number of hydrogen-bond donors (Lipinski definition) is 1. The summed E-state index contributed by atoms with van der Waals surface area (Å²) in [5.74, 6) is 0.119. The molecule has 1 aliphatic carbocycles. The van der Waals surface area contributed by atoms with Gasteiger partial charge in [-0.25, -0.2) is 0 Å². The molecule has 1 fully saturated rings. The number of rotatable bonds is 3. The molecule has 2 heterocycles. The quantitative estimate of drug-likeness (QED) is 0.893. The van der Waals surface area contributed by atoms with E-state index in [2.05, 4.69) is 10.2 Å². The molecule has 5 nitrogen and oxygen atoms in total. The van der Waals surface area contributed by atoms with Gasteiger partial charge in [-0.1, -0.05) is 0 Å². The first-order valence-corrected chi connectivity index (χ1v) is 7.13. The van der Waals surface area contributed by atoms with E-state index < -0.39 is 0 Å². The molecule has 3 rings (SSSR count). The molecule has 1 N–H and O–H groups in total. The van der Waals surface area contributed by atoms with Crippen LogP contribution >= 0.6 is 0 Å². The van der Waals surface area contributed by atoms with E-state index in [0.29, 0.717) is 6.61 Å². The van der Waals surface area contributed by atoms with Crippen molar-refractivity contribution in [3.05, 3.63) is 17.5 Å².